The number of carbonyl (C=O) groups is 1. The van der Waals surface area contributed by atoms with Gasteiger partial charge in [-0.2, -0.15) is 5.10 Å². The van der Waals surface area contributed by atoms with E-state index in [1.807, 2.05) is 44.4 Å². The van der Waals surface area contributed by atoms with Gasteiger partial charge >= 0.3 is 0 Å². The Morgan fingerprint density at radius 2 is 1.69 bits per heavy atom. The highest BCUT2D eigenvalue weighted by molar-refractivity contribution is 7.92. The molecule has 0 bridgehead atoms. The minimum atomic E-state index is -3.88. The van der Waals surface area contributed by atoms with Gasteiger partial charge in [0.05, 0.1) is 27.4 Å². The van der Waals surface area contributed by atoms with E-state index in [0.29, 0.717) is 27.8 Å². The normalized spacial score (nSPS) is 11.4. The van der Waals surface area contributed by atoms with Crippen LogP contribution >= 0.6 is 0 Å². The summed E-state index contributed by atoms with van der Waals surface area (Å²) in [5.41, 5.74) is 3.84. The third-order valence-electron chi connectivity index (χ3n) is 5.46. The fourth-order valence-corrected chi connectivity index (χ4v) is 4.76. The molecule has 0 fully saturated rings. The van der Waals surface area contributed by atoms with Gasteiger partial charge in [-0.1, -0.05) is 18.2 Å². The average molecular weight is 500 g/mol. The number of nitrogens with one attached hydrogen (secondary N) is 2. The standard InChI is InChI=1S/C25H21N7O3S/c1-16-21(15-32(2)30-16)23-14-20(19-6-3-4-7-22(19)29-23)24(33)28-17-8-10-18(11-9-17)36(34,35)31-25-26-12-5-13-27-25/h3-15H,1-2H3,(H,28,33)(H,26,27,31). The summed E-state index contributed by atoms with van der Waals surface area (Å²) < 4.78 is 29.2. The van der Waals surface area contributed by atoms with Gasteiger partial charge in [-0.15, -0.1) is 0 Å². The first-order valence-electron chi connectivity index (χ1n) is 10.9. The number of hydrogen-bond acceptors (Lipinski definition) is 7. The molecule has 0 saturated carbocycles. The van der Waals surface area contributed by atoms with Crippen molar-refractivity contribution in [3.05, 3.63) is 90.5 Å². The summed E-state index contributed by atoms with van der Waals surface area (Å²) in [6, 6.07) is 16.6. The molecule has 0 spiro atoms. The molecule has 1 amide bonds. The number of sulfonamides is 1. The molecule has 36 heavy (non-hydrogen) atoms. The van der Waals surface area contributed by atoms with Gasteiger partial charge < -0.3 is 5.32 Å². The number of hydrogen-bond donors (Lipinski definition) is 2. The molecule has 0 saturated heterocycles. The maximum absolute atomic E-state index is 13.3. The summed E-state index contributed by atoms with van der Waals surface area (Å²) in [5, 5.41) is 7.93. The lowest BCUT2D eigenvalue weighted by Gasteiger charge is -2.11. The molecule has 5 rings (SSSR count). The molecule has 0 atom stereocenters. The van der Waals surface area contributed by atoms with Crippen molar-refractivity contribution in [3.8, 4) is 11.3 Å². The minimum Gasteiger partial charge on any atom is -0.322 e. The third-order valence-corrected chi connectivity index (χ3v) is 6.81. The first kappa shape index (κ1) is 23.1. The van der Waals surface area contributed by atoms with Gasteiger partial charge in [-0.3, -0.25) is 9.48 Å². The number of aryl methyl sites for hydroxylation is 2. The van der Waals surface area contributed by atoms with Crippen LogP contribution in [-0.2, 0) is 17.1 Å². The number of nitrogens with zero attached hydrogens (tertiary/aromatic N) is 5. The first-order valence-corrected chi connectivity index (χ1v) is 12.4. The lowest BCUT2D eigenvalue weighted by Crippen LogP contribution is -2.15. The maximum atomic E-state index is 13.3. The zero-order valence-corrected chi connectivity index (χ0v) is 20.2. The highest BCUT2D eigenvalue weighted by Crippen LogP contribution is 2.27. The SMILES string of the molecule is Cc1nn(C)cc1-c1cc(C(=O)Nc2ccc(S(=O)(=O)Nc3ncccn3)cc2)c2ccccc2n1. The molecule has 3 aromatic heterocycles. The highest BCUT2D eigenvalue weighted by Gasteiger charge is 2.18. The fraction of sp³-hybridized carbons (Fsp3) is 0.0800. The van der Waals surface area contributed by atoms with E-state index in [0.717, 1.165) is 11.3 Å². The van der Waals surface area contributed by atoms with E-state index in [2.05, 4.69) is 25.1 Å². The van der Waals surface area contributed by atoms with Crippen LogP contribution in [0.4, 0.5) is 11.6 Å². The number of carbonyl (C=O) groups excluding carboxylic acids is 1. The van der Waals surface area contributed by atoms with Crippen molar-refractivity contribution in [1.29, 1.82) is 0 Å². The van der Waals surface area contributed by atoms with Crippen molar-refractivity contribution in [2.45, 2.75) is 11.8 Å². The summed E-state index contributed by atoms with van der Waals surface area (Å²) in [5.74, 6) is -0.373. The molecular formula is C25H21N7O3S. The summed E-state index contributed by atoms with van der Waals surface area (Å²) in [6.07, 6.45) is 4.74. The second-order valence-corrected chi connectivity index (χ2v) is 9.71. The molecule has 2 N–H and O–H groups in total. The maximum Gasteiger partial charge on any atom is 0.264 e. The van der Waals surface area contributed by atoms with Gasteiger partial charge in [0.1, 0.15) is 0 Å². The number of benzene rings is 2. The fourth-order valence-electron chi connectivity index (χ4n) is 3.80. The summed E-state index contributed by atoms with van der Waals surface area (Å²) >= 11 is 0. The smallest absolute Gasteiger partial charge is 0.264 e. The molecule has 0 unspecified atom stereocenters. The van der Waals surface area contributed by atoms with E-state index in [1.54, 1.807) is 16.8 Å². The molecule has 0 aliphatic rings. The van der Waals surface area contributed by atoms with Gasteiger partial charge in [0.15, 0.2) is 0 Å². The Bertz CT molecular complexity index is 1680. The zero-order chi connectivity index (χ0) is 25.3. The number of para-hydroxylation sites is 1. The Balaban J connectivity index is 1.43. The molecule has 10 nitrogen and oxygen atoms in total. The molecule has 0 aliphatic carbocycles. The third kappa shape index (κ3) is 4.64. The van der Waals surface area contributed by atoms with Gasteiger partial charge in [0, 0.05) is 42.3 Å². The van der Waals surface area contributed by atoms with Gasteiger partial charge in [-0.25, -0.2) is 28.1 Å². The van der Waals surface area contributed by atoms with Crippen molar-refractivity contribution >= 4 is 38.5 Å². The monoisotopic (exact) mass is 499 g/mol. The van der Waals surface area contributed by atoms with Crippen LogP contribution in [0.5, 0.6) is 0 Å². The summed E-state index contributed by atoms with van der Waals surface area (Å²) in [7, 11) is -2.05. The van der Waals surface area contributed by atoms with E-state index in [9.17, 15) is 13.2 Å². The van der Waals surface area contributed by atoms with Crippen LogP contribution in [-0.4, -0.2) is 39.1 Å². The largest absolute Gasteiger partial charge is 0.322 e. The predicted molar refractivity (Wildman–Crippen MR) is 136 cm³/mol. The quantitative estimate of drug-likeness (QED) is 0.363. The lowest BCUT2D eigenvalue weighted by molar-refractivity contribution is 0.102. The number of rotatable bonds is 6. The molecular weight excluding hydrogens is 478 g/mol. The van der Waals surface area contributed by atoms with E-state index >= 15 is 0 Å². The van der Waals surface area contributed by atoms with E-state index in [4.69, 9.17) is 4.98 Å². The molecule has 11 heteroatoms. The summed E-state index contributed by atoms with van der Waals surface area (Å²) in [4.78, 5) is 25.8. The Kier molecular flexibility index (Phi) is 5.90. The zero-order valence-electron chi connectivity index (χ0n) is 19.4. The number of anilines is 2. The van der Waals surface area contributed by atoms with Crippen LogP contribution in [0.1, 0.15) is 16.1 Å². The van der Waals surface area contributed by atoms with E-state index < -0.39 is 10.0 Å². The van der Waals surface area contributed by atoms with Gasteiger partial charge in [0.25, 0.3) is 15.9 Å². The Hall–Kier alpha value is -4.64. The number of amides is 1. The van der Waals surface area contributed by atoms with Crippen molar-refractivity contribution in [3.63, 3.8) is 0 Å². The molecule has 180 valence electrons. The number of pyridine rings is 1. The molecule has 3 heterocycles. The number of aromatic nitrogens is 5. The summed E-state index contributed by atoms with van der Waals surface area (Å²) in [6.45, 7) is 1.89. The predicted octanol–water partition coefficient (Wildman–Crippen LogP) is 3.79. The number of fused-ring (bicyclic) bond motifs is 1. The van der Waals surface area contributed by atoms with Crippen LogP contribution in [0.15, 0.2) is 84.1 Å². The van der Waals surface area contributed by atoms with E-state index in [1.165, 1.54) is 36.7 Å². The Morgan fingerprint density at radius 1 is 0.972 bits per heavy atom. The van der Waals surface area contributed by atoms with Crippen molar-refractivity contribution in [2.24, 2.45) is 7.05 Å². The van der Waals surface area contributed by atoms with Gasteiger partial charge in [0.2, 0.25) is 5.95 Å². The topological polar surface area (TPSA) is 132 Å². The van der Waals surface area contributed by atoms with E-state index in [-0.39, 0.29) is 16.8 Å². The minimum absolute atomic E-state index is 0.0108. The molecule has 2 aromatic carbocycles. The van der Waals surface area contributed by atoms with Crippen LogP contribution in [0, 0.1) is 6.92 Å². The lowest BCUT2D eigenvalue weighted by atomic mass is 10.0. The second-order valence-electron chi connectivity index (χ2n) is 8.03. The van der Waals surface area contributed by atoms with Crippen molar-refractivity contribution in [2.75, 3.05) is 10.0 Å². The van der Waals surface area contributed by atoms with Crippen LogP contribution in [0.25, 0.3) is 22.2 Å². The Labute approximate surface area is 207 Å². The molecule has 0 radical (unpaired) electrons. The first-order chi connectivity index (χ1) is 17.3. The van der Waals surface area contributed by atoms with Crippen LogP contribution < -0.4 is 10.0 Å². The van der Waals surface area contributed by atoms with Crippen LogP contribution in [0.3, 0.4) is 0 Å². The average Bonchev–Trinajstić information content (AvgIpc) is 3.21. The molecule has 0 aliphatic heterocycles. The van der Waals surface area contributed by atoms with Crippen molar-refractivity contribution < 1.29 is 13.2 Å². The molecule has 5 aromatic rings. The van der Waals surface area contributed by atoms with Crippen LogP contribution in [0.2, 0.25) is 0 Å². The van der Waals surface area contributed by atoms with Gasteiger partial charge in [-0.05, 0) is 49.4 Å². The highest BCUT2D eigenvalue weighted by atomic mass is 32.2. The second kappa shape index (κ2) is 9.19. The van der Waals surface area contributed by atoms with Crippen molar-refractivity contribution in [1.82, 2.24) is 24.7 Å². The Morgan fingerprint density at radius 3 is 2.39 bits per heavy atom.